The summed E-state index contributed by atoms with van der Waals surface area (Å²) in [5, 5.41) is 0. The summed E-state index contributed by atoms with van der Waals surface area (Å²) in [4.78, 5) is 0.331. The molecule has 0 amide bonds. The van der Waals surface area contributed by atoms with Crippen molar-refractivity contribution in [2.75, 3.05) is 27.3 Å². The Labute approximate surface area is 129 Å². The molecule has 1 heterocycles. The molecule has 2 atom stereocenters. The lowest BCUT2D eigenvalue weighted by atomic mass is 10.2. The molecule has 0 spiro atoms. The predicted octanol–water partition coefficient (Wildman–Crippen LogP) is 0.355. The van der Waals surface area contributed by atoms with Gasteiger partial charge in [0.2, 0.25) is 10.0 Å². The maximum atomic E-state index is 12.7. The summed E-state index contributed by atoms with van der Waals surface area (Å²) in [6.45, 7) is 0.517. The van der Waals surface area contributed by atoms with Crippen molar-refractivity contribution in [3.8, 4) is 0 Å². The second-order valence-corrected chi connectivity index (χ2v) is 7.14. The number of nitrogens with zero attached hydrogens (tertiary/aromatic N) is 1. The summed E-state index contributed by atoms with van der Waals surface area (Å²) in [7, 11) is -0.539. The molecule has 0 bridgehead atoms. The van der Waals surface area contributed by atoms with E-state index >= 15 is 0 Å². The second kappa shape index (κ2) is 6.37. The third-order valence-corrected chi connectivity index (χ3v) is 5.61. The molecule has 6 nitrogen and oxygen atoms in total. The van der Waals surface area contributed by atoms with E-state index in [-0.39, 0.29) is 35.2 Å². The quantitative estimate of drug-likeness (QED) is 0.785. The van der Waals surface area contributed by atoms with Gasteiger partial charge in [-0.05, 0) is 12.1 Å². The normalized spacial score (nSPS) is 23.3. The molecule has 1 aromatic rings. The van der Waals surface area contributed by atoms with Crippen LogP contribution in [0.2, 0.25) is 0 Å². The van der Waals surface area contributed by atoms with Crippen molar-refractivity contribution >= 4 is 27.2 Å². The fourth-order valence-corrected chi connectivity index (χ4v) is 3.96. The van der Waals surface area contributed by atoms with Crippen molar-refractivity contribution in [2.45, 2.75) is 17.1 Å². The van der Waals surface area contributed by atoms with Gasteiger partial charge in [0.1, 0.15) is 4.99 Å². The maximum Gasteiger partial charge on any atom is 0.243 e. The van der Waals surface area contributed by atoms with Crippen LogP contribution in [0, 0.1) is 0 Å². The number of hydrogen-bond donors (Lipinski definition) is 1. The minimum Gasteiger partial charge on any atom is -0.389 e. The number of benzene rings is 1. The SMILES string of the molecule is COC1CN(S(=O)(=O)c2cccc(C(N)=S)c2)CC1OC. The van der Waals surface area contributed by atoms with E-state index < -0.39 is 10.0 Å². The molecular formula is C13H18N2O4S2. The van der Waals surface area contributed by atoms with Crippen LogP contribution >= 0.6 is 12.2 Å². The molecule has 1 fully saturated rings. The van der Waals surface area contributed by atoms with Gasteiger partial charge in [-0.25, -0.2) is 8.42 Å². The first-order chi connectivity index (χ1) is 9.90. The zero-order chi connectivity index (χ0) is 15.6. The molecule has 116 valence electrons. The Morgan fingerprint density at radius 2 is 1.86 bits per heavy atom. The van der Waals surface area contributed by atoms with E-state index in [4.69, 9.17) is 27.4 Å². The lowest BCUT2D eigenvalue weighted by Crippen LogP contribution is -2.30. The van der Waals surface area contributed by atoms with E-state index in [0.29, 0.717) is 5.56 Å². The highest BCUT2D eigenvalue weighted by molar-refractivity contribution is 7.89. The summed E-state index contributed by atoms with van der Waals surface area (Å²) in [5.41, 5.74) is 6.07. The monoisotopic (exact) mass is 330 g/mol. The fraction of sp³-hybridized carbons (Fsp3) is 0.462. The largest absolute Gasteiger partial charge is 0.389 e. The number of thiocarbonyl (C=S) groups is 1. The van der Waals surface area contributed by atoms with Crippen LogP contribution in [-0.2, 0) is 19.5 Å². The van der Waals surface area contributed by atoms with Crippen LogP contribution in [0.15, 0.2) is 29.2 Å². The highest BCUT2D eigenvalue weighted by Gasteiger charge is 2.39. The van der Waals surface area contributed by atoms with E-state index in [1.807, 2.05) is 0 Å². The number of sulfonamides is 1. The van der Waals surface area contributed by atoms with Gasteiger partial charge in [-0.3, -0.25) is 0 Å². The second-order valence-electron chi connectivity index (χ2n) is 4.76. The molecular weight excluding hydrogens is 312 g/mol. The average molecular weight is 330 g/mol. The molecule has 2 rings (SSSR count). The van der Waals surface area contributed by atoms with E-state index in [0.717, 1.165) is 0 Å². The molecule has 21 heavy (non-hydrogen) atoms. The Kier molecular flexibility index (Phi) is 4.95. The molecule has 8 heteroatoms. The van der Waals surface area contributed by atoms with Gasteiger partial charge in [-0.1, -0.05) is 24.4 Å². The van der Waals surface area contributed by atoms with Gasteiger partial charge >= 0.3 is 0 Å². The van der Waals surface area contributed by atoms with Crippen molar-refractivity contribution in [3.05, 3.63) is 29.8 Å². The van der Waals surface area contributed by atoms with Gasteiger partial charge in [0.25, 0.3) is 0 Å². The third kappa shape index (κ3) is 3.24. The Bertz CT molecular complexity index is 621. The van der Waals surface area contributed by atoms with E-state index in [2.05, 4.69) is 0 Å². The van der Waals surface area contributed by atoms with Crippen molar-refractivity contribution in [3.63, 3.8) is 0 Å². The summed E-state index contributed by atoms with van der Waals surface area (Å²) >= 11 is 4.88. The van der Waals surface area contributed by atoms with E-state index in [1.165, 1.54) is 16.4 Å². The van der Waals surface area contributed by atoms with Crippen molar-refractivity contribution in [1.29, 1.82) is 0 Å². The zero-order valence-electron chi connectivity index (χ0n) is 11.9. The molecule has 0 aromatic heterocycles. The Morgan fingerprint density at radius 1 is 1.29 bits per heavy atom. The molecule has 1 aliphatic rings. The Balaban J connectivity index is 2.31. The van der Waals surface area contributed by atoms with Crippen LogP contribution in [0.25, 0.3) is 0 Å². The zero-order valence-corrected chi connectivity index (χ0v) is 13.5. The van der Waals surface area contributed by atoms with Crippen LogP contribution < -0.4 is 5.73 Å². The smallest absolute Gasteiger partial charge is 0.243 e. The summed E-state index contributed by atoms with van der Waals surface area (Å²) in [5.74, 6) is 0. The Hall–Kier alpha value is -1.06. The van der Waals surface area contributed by atoms with Crippen LogP contribution in [-0.4, -0.2) is 57.2 Å². The molecule has 2 N–H and O–H groups in total. The molecule has 0 aliphatic carbocycles. The van der Waals surface area contributed by atoms with Gasteiger partial charge < -0.3 is 15.2 Å². The predicted molar refractivity (Wildman–Crippen MR) is 82.7 cm³/mol. The third-order valence-electron chi connectivity index (χ3n) is 3.54. The van der Waals surface area contributed by atoms with Crippen molar-refractivity contribution in [1.82, 2.24) is 4.31 Å². The molecule has 0 saturated carbocycles. The fourth-order valence-electron chi connectivity index (χ4n) is 2.32. The summed E-state index contributed by atoms with van der Waals surface area (Å²) in [6, 6.07) is 6.32. The first-order valence-electron chi connectivity index (χ1n) is 6.35. The maximum absolute atomic E-state index is 12.7. The van der Waals surface area contributed by atoms with Crippen LogP contribution in [0.4, 0.5) is 0 Å². The van der Waals surface area contributed by atoms with Crippen LogP contribution in [0.5, 0.6) is 0 Å². The van der Waals surface area contributed by atoms with Gasteiger partial charge in [-0.2, -0.15) is 4.31 Å². The Morgan fingerprint density at radius 3 is 2.33 bits per heavy atom. The molecule has 2 unspecified atom stereocenters. The standard InChI is InChI=1S/C13H18N2O4S2/c1-18-11-7-15(8-12(11)19-2)21(16,17)10-5-3-4-9(6-10)13(14)20/h3-6,11-12H,7-8H2,1-2H3,(H2,14,20). The minimum atomic E-state index is -3.62. The number of rotatable bonds is 5. The van der Waals surface area contributed by atoms with Gasteiger partial charge in [-0.15, -0.1) is 0 Å². The minimum absolute atomic E-state index is 0.165. The summed E-state index contributed by atoms with van der Waals surface area (Å²) in [6.07, 6.45) is -0.549. The molecule has 0 radical (unpaired) electrons. The van der Waals surface area contributed by atoms with E-state index in [1.54, 1.807) is 26.4 Å². The average Bonchev–Trinajstić information content (AvgIpc) is 2.91. The number of nitrogens with two attached hydrogens (primary N) is 1. The summed E-state index contributed by atoms with van der Waals surface area (Å²) < 4.78 is 37.2. The topological polar surface area (TPSA) is 81.9 Å². The first-order valence-corrected chi connectivity index (χ1v) is 8.20. The lowest BCUT2D eigenvalue weighted by Gasteiger charge is -2.16. The van der Waals surface area contributed by atoms with Crippen molar-refractivity contribution < 1.29 is 17.9 Å². The first kappa shape index (κ1) is 16.3. The number of methoxy groups -OCH3 is 2. The van der Waals surface area contributed by atoms with Gasteiger partial charge in [0.05, 0.1) is 17.1 Å². The molecule has 1 aromatic carbocycles. The highest BCUT2D eigenvalue weighted by Crippen LogP contribution is 2.24. The number of ether oxygens (including phenoxy) is 2. The van der Waals surface area contributed by atoms with E-state index in [9.17, 15) is 8.42 Å². The number of hydrogen-bond acceptors (Lipinski definition) is 5. The van der Waals surface area contributed by atoms with Crippen LogP contribution in [0.3, 0.4) is 0 Å². The van der Waals surface area contributed by atoms with Crippen molar-refractivity contribution in [2.24, 2.45) is 5.73 Å². The molecule has 1 saturated heterocycles. The highest BCUT2D eigenvalue weighted by atomic mass is 32.2. The lowest BCUT2D eigenvalue weighted by molar-refractivity contribution is -0.00461. The van der Waals surface area contributed by atoms with Gasteiger partial charge in [0.15, 0.2) is 0 Å². The molecule has 1 aliphatic heterocycles. The van der Waals surface area contributed by atoms with Gasteiger partial charge in [0, 0.05) is 32.9 Å². The van der Waals surface area contributed by atoms with Crippen LogP contribution in [0.1, 0.15) is 5.56 Å².